The van der Waals surface area contributed by atoms with Gasteiger partial charge in [-0.2, -0.15) is 0 Å². The van der Waals surface area contributed by atoms with E-state index in [2.05, 4.69) is 5.32 Å². The molecule has 1 unspecified atom stereocenters. The van der Waals surface area contributed by atoms with Gasteiger partial charge in [0.1, 0.15) is 22.5 Å². The number of hydrogen-bond acceptors (Lipinski definition) is 6. The van der Waals surface area contributed by atoms with E-state index >= 15 is 0 Å². The molecule has 8 heteroatoms. The van der Waals surface area contributed by atoms with Crippen molar-refractivity contribution >= 4 is 23.0 Å². The van der Waals surface area contributed by atoms with E-state index in [0.29, 0.717) is 49.3 Å². The fourth-order valence-electron chi connectivity index (χ4n) is 3.72. The number of alkyl carbamates (subject to hydrolysis) is 1. The second-order valence-corrected chi connectivity index (χ2v) is 7.25. The number of carbonyl (C=O) groups is 2. The minimum absolute atomic E-state index is 0.0240. The first kappa shape index (κ1) is 18.3. The van der Waals surface area contributed by atoms with E-state index in [1.165, 1.54) is 0 Å². The van der Waals surface area contributed by atoms with Crippen molar-refractivity contribution in [1.29, 1.82) is 0 Å². The molecule has 2 fully saturated rings. The Morgan fingerprint density at radius 1 is 1.32 bits per heavy atom. The van der Waals surface area contributed by atoms with Gasteiger partial charge in [-0.1, -0.05) is 6.92 Å². The molecule has 0 saturated carbocycles. The number of piperidine rings is 1. The highest BCUT2D eigenvalue weighted by atomic mass is 16.6. The Morgan fingerprint density at radius 3 is 2.93 bits per heavy atom. The molecular weight excluding hydrogens is 364 g/mol. The summed E-state index contributed by atoms with van der Waals surface area (Å²) in [5.74, 6) is 0.203. The van der Waals surface area contributed by atoms with Crippen molar-refractivity contribution in [1.82, 2.24) is 10.2 Å². The first-order valence-electron chi connectivity index (χ1n) is 9.46. The van der Waals surface area contributed by atoms with Crippen LogP contribution in [0.3, 0.4) is 0 Å². The van der Waals surface area contributed by atoms with Crippen LogP contribution in [-0.4, -0.2) is 48.7 Å². The summed E-state index contributed by atoms with van der Waals surface area (Å²) < 4.78 is 16.3. The number of ether oxygens (including phenoxy) is 2. The van der Waals surface area contributed by atoms with E-state index in [1.807, 2.05) is 6.92 Å². The van der Waals surface area contributed by atoms with Crippen molar-refractivity contribution in [3.63, 3.8) is 0 Å². The van der Waals surface area contributed by atoms with E-state index in [1.54, 1.807) is 29.2 Å². The highest BCUT2D eigenvalue weighted by Gasteiger charge is 2.45. The molecule has 4 rings (SSSR count). The van der Waals surface area contributed by atoms with Gasteiger partial charge in [-0.25, -0.2) is 9.59 Å². The number of benzene rings is 1. The standard InChI is InChI=1S/C20H22N2O6/c1-2-8-26-14-5-4-13-9-15(18(24)27-16(13)10-14)17(23)22-7-3-6-20(12-22)11-21-19(25)28-20/h4-5,9-10H,2-3,6-8,11-12H2,1H3,(H,21,25). The Balaban J connectivity index is 1.59. The summed E-state index contributed by atoms with van der Waals surface area (Å²) in [6, 6.07) is 6.75. The lowest BCUT2D eigenvalue weighted by molar-refractivity contribution is -0.00517. The summed E-state index contributed by atoms with van der Waals surface area (Å²) in [4.78, 5) is 38.4. The van der Waals surface area contributed by atoms with Gasteiger partial charge in [-0.15, -0.1) is 0 Å². The highest BCUT2D eigenvalue weighted by Crippen LogP contribution is 2.29. The summed E-state index contributed by atoms with van der Waals surface area (Å²) in [5, 5.41) is 3.29. The average Bonchev–Trinajstić information content (AvgIpc) is 3.04. The van der Waals surface area contributed by atoms with Crippen LogP contribution in [0.1, 0.15) is 36.5 Å². The van der Waals surface area contributed by atoms with Crippen molar-refractivity contribution in [2.24, 2.45) is 0 Å². The second-order valence-electron chi connectivity index (χ2n) is 7.25. The molecule has 148 valence electrons. The van der Waals surface area contributed by atoms with Gasteiger partial charge < -0.3 is 24.1 Å². The van der Waals surface area contributed by atoms with Crippen molar-refractivity contribution in [2.75, 3.05) is 26.2 Å². The van der Waals surface area contributed by atoms with Crippen LogP contribution < -0.4 is 15.7 Å². The van der Waals surface area contributed by atoms with Gasteiger partial charge in [-0.05, 0) is 37.5 Å². The first-order valence-corrected chi connectivity index (χ1v) is 9.46. The topological polar surface area (TPSA) is 98.1 Å². The normalized spacial score (nSPS) is 21.6. The first-order chi connectivity index (χ1) is 13.5. The number of hydrogen-bond donors (Lipinski definition) is 1. The van der Waals surface area contributed by atoms with Gasteiger partial charge in [0.15, 0.2) is 0 Å². The molecule has 3 heterocycles. The molecule has 2 aromatic rings. The minimum atomic E-state index is -0.715. The van der Waals surface area contributed by atoms with Crippen LogP contribution in [0.15, 0.2) is 33.5 Å². The molecule has 2 saturated heterocycles. The number of amides is 2. The third-order valence-corrected chi connectivity index (χ3v) is 5.10. The number of likely N-dealkylation sites (tertiary alicyclic amines) is 1. The lowest BCUT2D eigenvalue weighted by atomic mass is 9.92. The fraction of sp³-hybridized carbons (Fsp3) is 0.450. The van der Waals surface area contributed by atoms with Gasteiger partial charge in [0.2, 0.25) is 0 Å². The fourth-order valence-corrected chi connectivity index (χ4v) is 3.72. The van der Waals surface area contributed by atoms with E-state index < -0.39 is 23.2 Å². The monoisotopic (exact) mass is 386 g/mol. The van der Waals surface area contributed by atoms with E-state index in [4.69, 9.17) is 13.9 Å². The SMILES string of the molecule is CCCOc1ccc2cc(C(=O)N3CCCC4(CNC(=O)O4)C3)c(=O)oc2c1. The van der Waals surface area contributed by atoms with E-state index in [0.717, 1.165) is 6.42 Å². The van der Waals surface area contributed by atoms with Crippen LogP contribution in [0, 0.1) is 0 Å². The lowest BCUT2D eigenvalue weighted by Gasteiger charge is -2.38. The largest absolute Gasteiger partial charge is 0.493 e. The van der Waals surface area contributed by atoms with E-state index in [-0.39, 0.29) is 12.1 Å². The molecular formula is C20H22N2O6. The number of nitrogens with zero attached hydrogens (tertiary/aromatic N) is 1. The molecule has 28 heavy (non-hydrogen) atoms. The van der Waals surface area contributed by atoms with Gasteiger partial charge in [0.25, 0.3) is 5.91 Å². The van der Waals surface area contributed by atoms with Crippen molar-refractivity contribution in [2.45, 2.75) is 31.8 Å². The molecule has 0 bridgehead atoms. The van der Waals surface area contributed by atoms with Crippen LogP contribution in [-0.2, 0) is 4.74 Å². The van der Waals surface area contributed by atoms with E-state index in [9.17, 15) is 14.4 Å². The Hall–Kier alpha value is -3.03. The molecule has 1 N–H and O–H groups in total. The predicted octanol–water partition coefficient (Wildman–Crippen LogP) is 2.30. The molecule has 2 aliphatic heterocycles. The maximum atomic E-state index is 13.0. The number of nitrogens with one attached hydrogen (secondary N) is 1. The molecule has 2 aliphatic rings. The zero-order chi connectivity index (χ0) is 19.7. The molecule has 0 aliphatic carbocycles. The third-order valence-electron chi connectivity index (χ3n) is 5.10. The molecule has 2 amide bonds. The Bertz CT molecular complexity index is 984. The lowest BCUT2D eigenvalue weighted by Crippen LogP contribution is -2.52. The van der Waals surface area contributed by atoms with Crippen LogP contribution in [0.5, 0.6) is 5.75 Å². The second kappa shape index (κ2) is 7.18. The Labute approximate surface area is 161 Å². The summed E-state index contributed by atoms with van der Waals surface area (Å²) in [7, 11) is 0. The summed E-state index contributed by atoms with van der Waals surface area (Å²) in [5.41, 5.74) is -1.05. The van der Waals surface area contributed by atoms with Crippen LogP contribution in [0.4, 0.5) is 4.79 Å². The van der Waals surface area contributed by atoms with Crippen LogP contribution in [0.2, 0.25) is 0 Å². The van der Waals surface area contributed by atoms with Gasteiger partial charge in [-0.3, -0.25) is 4.79 Å². The molecule has 0 radical (unpaired) electrons. The number of carbonyl (C=O) groups excluding carboxylic acids is 2. The molecule has 8 nitrogen and oxygen atoms in total. The Kier molecular flexibility index (Phi) is 4.70. The van der Waals surface area contributed by atoms with Crippen LogP contribution in [0.25, 0.3) is 11.0 Å². The maximum absolute atomic E-state index is 13.0. The maximum Gasteiger partial charge on any atom is 0.407 e. The zero-order valence-electron chi connectivity index (χ0n) is 15.7. The average molecular weight is 386 g/mol. The highest BCUT2D eigenvalue weighted by molar-refractivity contribution is 5.97. The summed E-state index contributed by atoms with van der Waals surface area (Å²) in [6.45, 7) is 3.70. The summed E-state index contributed by atoms with van der Waals surface area (Å²) in [6.07, 6.45) is 1.78. The minimum Gasteiger partial charge on any atom is -0.493 e. The smallest absolute Gasteiger partial charge is 0.407 e. The molecule has 1 spiro atoms. The summed E-state index contributed by atoms with van der Waals surface area (Å²) >= 11 is 0. The van der Waals surface area contributed by atoms with Crippen molar-refractivity contribution in [3.05, 3.63) is 40.2 Å². The van der Waals surface area contributed by atoms with Gasteiger partial charge in [0.05, 0.1) is 19.7 Å². The van der Waals surface area contributed by atoms with Crippen molar-refractivity contribution in [3.8, 4) is 5.75 Å². The van der Waals surface area contributed by atoms with Gasteiger partial charge in [0, 0.05) is 18.0 Å². The number of fused-ring (bicyclic) bond motifs is 1. The number of rotatable bonds is 4. The van der Waals surface area contributed by atoms with Gasteiger partial charge >= 0.3 is 11.7 Å². The molecule has 1 aromatic carbocycles. The quantitative estimate of drug-likeness (QED) is 0.810. The molecule has 1 aromatic heterocycles. The third kappa shape index (κ3) is 3.42. The van der Waals surface area contributed by atoms with Crippen LogP contribution >= 0.6 is 0 Å². The molecule has 1 atom stereocenters. The predicted molar refractivity (Wildman–Crippen MR) is 101 cm³/mol. The Morgan fingerprint density at radius 2 is 2.18 bits per heavy atom. The zero-order valence-corrected chi connectivity index (χ0v) is 15.7. The van der Waals surface area contributed by atoms with Crippen molar-refractivity contribution < 1.29 is 23.5 Å².